The smallest absolute Gasteiger partial charge is 0.243 e. The van der Waals surface area contributed by atoms with Crippen LogP contribution in [0.2, 0.25) is 0 Å². The summed E-state index contributed by atoms with van der Waals surface area (Å²) in [5.41, 5.74) is 0. The van der Waals surface area contributed by atoms with Gasteiger partial charge in [0.1, 0.15) is 0 Å². The predicted molar refractivity (Wildman–Crippen MR) is 92.9 cm³/mol. The van der Waals surface area contributed by atoms with E-state index in [0.29, 0.717) is 27.8 Å². The molecule has 1 unspecified atom stereocenters. The van der Waals surface area contributed by atoms with Gasteiger partial charge in [0.05, 0.1) is 4.90 Å². The van der Waals surface area contributed by atoms with Crippen LogP contribution in [0.3, 0.4) is 0 Å². The Morgan fingerprint density at radius 3 is 2.82 bits per heavy atom. The van der Waals surface area contributed by atoms with Gasteiger partial charge in [-0.1, -0.05) is 12.1 Å². The number of pyridine rings is 1. The molecule has 0 aliphatic carbocycles. The Hall–Kier alpha value is -0.730. The van der Waals surface area contributed by atoms with Crippen molar-refractivity contribution in [3.63, 3.8) is 0 Å². The molecule has 1 aliphatic rings. The molecule has 0 amide bonds. The summed E-state index contributed by atoms with van der Waals surface area (Å²) in [5.74, 6) is 0. The molecule has 2 heterocycles. The van der Waals surface area contributed by atoms with E-state index in [1.807, 2.05) is 13.1 Å². The SMILES string of the molecule is CNC1CCN(S(=O)(=O)c2cccc3cncc(Br)c23)C1.Cl. The van der Waals surface area contributed by atoms with Gasteiger partial charge in [-0.15, -0.1) is 12.4 Å². The molecule has 8 heteroatoms. The van der Waals surface area contributed by atoms with Gasteiger partial charge in [-0.3, -0.25) is 4.98 Å². The molecule has 1 saturated heterocycles. The molecular weight excluding hydrogens is 390 g/mol. The maximum atomic E-state index is 12.9. The van der Waals surface area contributed by atoms with Crippen molar-refractivity contribution in [2.45, 2.75) is 17.4 Å². The zero-order valence-corrected chi connectivity index (χ0v) is 15.2. The summed E-state index contributed by atoms with van der Waals surface area (Å²) in [6.07, 6.45) is 4.14. The maximum absolute atomic E-state index is 12.9. The largest absolute Gasteiger partial charge is 0.316 e. The molecule has 0 radical (unpaired) electrons. The monoisotopic (exact) mass is 405 g/mol. The molecule has 2 aromatic rings. The van der Waals surface area contributed by atoms with Gasteiger partial charge in [0.2, 0.25) is 10.0 Å². The molecule has 22 heavy (non-hydrogen) atoms. The minimum atomic E-state index is -3.50. The van der Waals surface area contributed by atoms with E-state index in [1.54, 1.807) is 28.8 Å². The van der Waals surface area contributed by atoms with Crippen LogP contribution in [-0.2, 0) is 10.0 Å². The van der Waals surface area contributed by atoms with Gasteiger partial charge in [0, 0.05) is 46.8 Å². The lowest BCUT2D eigenvalue weighted by Crippen LogP contribution is -2.33. The Labute approximate surface area is 144 Å². The first-order valence-electron chi connectivity index (χ1n) is 6.73. The van der Waals surface area contributed by atoms with Crippen molar-refractivity contribution in [3.05, 3.63) is 35.1 Å². The van der Waals surface area contributed by atoms with Gasteiger partial charge in [-0.05, 0) is 35.5 Å². The summed E-state index contributed by atoms with van der Waals surface area (Å²) in [6, 6.07) is 5.51. The molecule has 3 rings (SSSR count). The minimum Gasteiger partial charge on any atom is -0.316 e. The molecule has 1 aliphatic heterocycles. The molecule has 0 bridgehead atoms. The van der Waals surface area contributed by atoms with Crippen LogP contribution >= 0.6 is 28.3 Å². The average Bonchev–Trinajstić information content (AvgIpc) is 2.97. The molecule has 1 fully saturated rings. The summed E-state index contributed by atoms with van der Waals surface area (Å²) in [5, 5.41) is 4.65. The number of fused-ring (bicyclic) bond motifs is 1. The number of halogens is 2. The Balaban J connectivity index is 0.00000176. The van der Waals surface area contributed by atoms with Crippen LogP contribution in [0.25, 0.3) is 10.8 Å². The van der Waals surface area contributed by atoms with Crippen molar-refractivity contribution in [1.29, 1.82) is 0 Å². The number of hydrogen-bond acceptors (Lipinski definition) is 4. The quantitative estimate of drug-likeness (QED) is 0.850. The first kappa shape index (κ1) is 17.6. The standard InChI is InChI=1S/C14H16BrN3O2S.ClH/c1-16-11-5-6-18(9-11)21(19,20)13-4-2-3-10-7-17-8-12(15)14(10)13;/h2-4,7-8,11,16H,5-6,9H2,1H3;1H. The number of sulfonamides is 1. The van der Waals surface area contributed by atoms with Crippen molar-refractivity contribution < 1.29 is 8.42 Å². The second-order valence-electron chi connectivity index (χ2n) is 5.11. The second-order valence-corrected chi connectivity index (χ2v) is 7.87. The highest BCUT2D eigenvalue weighted by molar-refractivity contribution is 9.10. The van der Waals surface area contributed by atoms with Crippen LogP contribution in [0.1, 0.15) is 6.42 Å². The van der Waals surface area contributed by atoms with Crippen molar-refractivity contribution in [3.8, 4) is 0 Å². The number of rotatable bonds is 3. The van der Waals surface area contributed by atoms with Crippen LogP contribution in [0.5, 0.6) is 0 Å². The third-order valence-electron chi connectivity index (χ3n) is 3.88. The fraction of sp³-hybridized carbons (Fsp3) is 0.357. The summed E-state index contributed by atoms with van der Waals surface area (Å²) in [4.78, 5) is 4.43. The van der Waals surface area contributed by atoms with Crippen LogP contribution in [0, 0.1) is 0 Å². The molecule has 120 valence electrons. The van der Waals surface area contributed by atoms with Gasteiger partial charge >= 0.3 is 0 Å². The highest BCUT2D eigenvalue weighted by Crippen LogP contribution is 2.32. The lowest BCUT2D eigenvalue weighted by atomic mass is 10.2. The number of nitrogens with one attached hydrogen (secondary N) is 1. The number of nitrogens with zero attached hydrogens (tertiary/aromatic N) is 2. The summed E-state index contributed by atoms with van der Waals surface area (Å²) in [6.45, 7) is 1.06. The van der Waals surface area contributed by atoms with E-state index in [-0.39, 0.29) is 18.4 Å². The Morgan fingerprint density at radius 2 is 2.14 bits per heavy atom. The Morgan fingerprint density at radius 1 is 1.36 bits per heavy atom. The van der Waals surface area contributed by atoms with Crippen molar-refractivity contribution in [2.24, 2.45) is 0 Å². The fourth-order valence-electron chi connectivity index (χ4n) is 2.70. The van der Waals surface area contributed by atoms with E-state index in [2.05, 4.69) is 26.2 Å². The molecule has 5 nitrogen and oxygen atoms in total. The summed E-state index contributed by atoms with van der Waals surface area (Å²) in [7, 11) is -1.63. The zero-order valence-electron chi connectivity index (χ0n) is 12.0. The minimum absolute atomic E-state index is 0. The maximum Gasteiger partial charge on any atom is 0.243 e. The van der Waals surface area contributed by atoms with E-state index in [4.69, 9.17) is 0 Å². The Kier molecular flexibility index (Phi) is 5.45. The number of aromatic nitrogens is 1. The van der Waals surface area contributed by atoms with Gasteiger partial charge in [-0.2, -0.15) is 4.31 Å². The molecule has 1 aromatic heterocycles. The lowest BCUT2D eigenvalue weighted by molar-refractivity contribution is 0.465. The van der Waals surface area contributed by atoms with E-state index in [9.17, 15) is 8.42 Å². The highest BCUT2D eigenvalue weighted by Gasteiger charge is 2.33. The average molecular weight is 407 g/mol. The predicted octanol–water partition coefficient (Wildman–Crippen LogP) is 2.40. The first-order chi connectivity index (χ1) is 10.0. The van der Waals surface area contributed by atoms with E-state index in [0.717, 1.165) is 11.8 Å². The van der Waals surface area contributed by atoms with Crippen LogP contribution in [0.15, 0.2) is 40.0 Å². The van der Waals surface area contributed by atoms with Crippen molar-refractivity contribution in [1.82, 2.24) is 14.6 Å². The molecular formula is C14H17BrClN3O2S. The van der Waals surface area contributed by atoms with Gasteiger partial charge in [-0.25, -0.2) is 8.42 Å². The van der Waals surface area contributed by atoms with Crippen LogP contribution < -0.4 is 5.32 Å². The van der Waals surface area contributed by atoms with E-state index < -0.39 is 10.0 Å². The topological polar surface area (TPSA) is 62.3 Å². The number of likely N-dealkylation sites (N-methyl/N-ethyl adjacent to an activating group) is 1. The van der Waals surface area contributed by atoms with Crippen LogP contribution in [-0.4, -0.2) is 43.9 Å². The van der Waals surface area contributed by atoms with E-state index >= 15 is 0 Å². The Bertz CT molecular complexity index is 780. The first-order valence-corrected chi connectivity index (χ1v) is 8.97. The van der Waals surface area contributed by atoms with Gasteiger partial charge < -0.3 is 5.32 Å². The molecule has 1 atom stereocenters. The third kappa shape index (κ3) is 3.00. The van der Waals surface area contributed by atoms with Crippen molar-refractivity contribution >= 4 is 49.1 Å². The molecule has 1 aromatic carbocycles. The summed E-state index contributed by atoms with van der Waals surface area (Å²) < 4.78 is 28.1. The zero-order chi connectivity index (χ0) is 15.0. The molecule has 1 N–H and O–H groups in total. The molecule has 0 spiro atoms. The fourth-order valence-corrected chi connectivity index (χ4v) is 5.12. The van der Waals surface area contributed by atoms with Gasteiger partial charge in [0.15, 0.2) is 0 Å². The molecule has 0 saturated carbocycles. The van der Waals surface area contributed by atoms with E-state index in [1.165, 1.54) is 0 Å². The third-order valence-corrected chi connectivity index (χ3v) is 6.38. The second kappa shape index (κ2) is 6.80. The highest BCUT2D eigenvalue weighted by atomic mass is 79.9. The van der Waals surface area contributed by atoms with Crippen molar-refractivity contribution in [2.75, 3.05) is 20.1 Å². The number of benzene rings is 1. The lowest BCUT2D eigenvalue weighted by Gasteiger charge is -2.18. The normalized spacial score (nSPS) is 19.3. The van der Waals surface area contributed by atoms with Crippen LogP contribution in [0.4, 0.5) is 0 Å². The summed E-state index contributed by atoms with van der Waals surface area (Å²) >= 11 is 3.42. The number of hydrogen-bond donors (Lipinski definition) is 1. The van der Waals surface area contributed by atoms with Gasteiger partial charge in [0.25, 0.3) is 0 Å².